The van der Waals surface area contributed by atoms with E-state index in [0.29, 0.717) is 18.8 Å². The van der Waals surface area contributed by atoms with E-state index >= 15 is 0 Å². The summed E-state index contributed by atoms with van der Waals surface area (Å²) in [4.78, 5) is 12.5. The molecule has 98 valence electrons. The fourth-order valence-electron chi connectivity index (χ4n) is 2.88. The Morgan fingerprint density at radius 3 is 2.89 bits per heavy atom. The Morgan fingerprint density at radius 1 is 1.50 bits per heavy atom. The molecule has 1 saturated carbocycles. The summed E-state index contributed by atoms with van der Waals surface area (Å²) >= 11 is 0. The van der Waals surface area contributed by atoms with E-state index in [-0.39, 0.29) is 11.3 Å². The highest BCUT2D eigenvalue weighted by molar-refractivity contribution is 6.03. The lowest BCUT2D eigenvalue weighted by molar-refractivity contribution is 0.0815. The maximum atomic E-state index is 13.8. The van der Waals surface area contributed by atoms with Crippen LogP contribution in [-0.4, -0.2) is 11.3 Å². The molecule has 2 rings (SSSR count). The van der Waals surface area contributed by atoms with Crippen LogP contribution in [0.4, 0.5) is 4.39 Å². The Hall–Kier alpha value is -1.22. The molecule has 1 aliphatic carbocycles. The summed E-state index contributed by atoms with van der Waals surface area (Å²) in [6.45, 7) is 3.95. The second-order valence-corrected chi connectivity index (χ2v) is 5.67. The monoisotopic (exact) mass is 249 g/mol. The molecule has 18 heavy (non-hydrogen) atoms. The van der Waals surface area contributed by atoms with Crippen LogP contribution in [0.5, 0.6) is 0 Å². The normalized spacial score (nSPS) is 28.1. The van der Waals surface area contributed by atoms with Gasteiger partial charge in [-0.3, -0.25) is 4.79 Å². The van der Waals surface area contributed by atoms with Crippen molar-refractivity contribution in [3.63, 3.8) is 0 Å². The summed E-state index contributed by atoms with van der Waals surface area (Å²) in [5.74, 6) is -0.274. The molecule has 0 heterocycles. The number of hydrogen-bond donors (Lipinski definition) is 1. The van der Waals surface area contributed by atoms with Gasteiger partial charge in [0.1, 0.15) is 5.82 Å². The maximum absolute atomic E-state index is 13.8. The molecule has 0 aliphatic heterocycles. The lowest BCUT2D eigenvalue weighted by Gasteiger charge is -2.35. The van der Waals surface area contributed by atoms with Crippen molar-refractivity contribution in [1.29, 1.82) is 0 Å². The Balaban J connectivity index is 2.32. The summed E-state index contributed by atoms with van der Waals surface area (Å²) in [6, 6.07) is 4.61. The Labute approximate surface area is 107 Å². The first kappa shape index (κ1) is 13.2. The van der Waals surface area contributed by atoms with Crippen LogP contribution in [0.1, 0.15) is 48.5 Å². The lowest BCUT2D eigenvalue weighted by atomic mass is 9.73. The quantitative estimate of drug-likeness (QED) is 0.818. The zero-order chi connectivity index (χ0) is 13.3. The number of carbonyl (C=O) groups is 1. The maximum Gasteiger partial charge on any atom is 0.185 e. The summed E-state index contributed by atoms with van der Waals surface area (Å²) < 4.78 is 13.8. The van der Waals surface area contributed by atoms with E-state index in [1.807, 2.05) is 6.92 Å². The van der Waals surface area contributed by atoms with Crippen molar-refractivity contribution in [2.75, 3.05) is 0 Å². The van der Waals surface area contributed by atoms with Crippen molar-refractivity contribution in [2.45, 2.75) is 45.1 Å². The second-order valence-electron chi connectivity index (χ2n) is 5.67. The summed E-state index contributed by atoms with van der Waals surface area (Å²) in [5.41, 5.74) is 6.37. The van der Waals surface area contributed by atoms with E-state index in [0.717, 1.165) is 18.4 Å². The summed E-state index contributed by atoms with van der Waals surface area (Å²) in [5, 5.41) is 0. The van der Waals surface area contributed by atoms with Crippen molar-refractivity contribution in [3.8, 4) is 0 Å². The molecular weight excluding hydrogens is 229 g/mol. The number of halogens is 1. The molecule has 0 saturated heterocycles. The van der Waals surface area contributed by atoms with Gasteiger partial charge in [-0.2, -0.15) is 0 Å². The van der Waals surface area contributed by atoms with Crippen LogP contribution in [0.15, 0.2) is 18.2 Å². The van der Waals surface area contributed by atoms with Gasteiger partial charge in [0.05, 0.1) is 11.1 Å². The minimum atomic E-state index is -0.883. The van der Waals surface area contributed by atoms with Crippen LogP contribution in [0.2, 0.25) is 0 Å². The highest BCUT2D eigenvalue weighted by atomic mass is 19.1. The minimum Gasteiger partial charge on any atom is -0.319 e. The largest absolute Gasteiger partial charge is 0.319 e. The van der Waals surface area contributed by atoms with Gasteiger partial charge in [0.15, 0.2) is 5.78 Å². The molecule has 0 amide bonds. The lowest BCUT2D eigenvalue weighted by Crippen LogP contribution is -2.51. The minimum absolute atomic E-state index is 0.145. The Bertz CT molecular complexity index is 472. The van der Waals surface area contributed by atoms with Crippen LogP contribution in [0.25, 0.3) is 0 Å². The molecule has 2 nitrogen and oxygen atoms in total. The third-order valence-electron chi connectivity index (χ3n) is 3.85. The molecule has 3 heteroatoms. The van der Waals surface area contributed by atoms with Crippen molar-refractivity contribution >= 4 is 5.78 Å². The van der Waals surface area contributed by atoms with E-state index in [1.54, 1.807) is 12.1 Å². The zero-order valence-corrected chi connectivity index (χ0v) is 11.0. The zero-order valence-electron chi connectivity index (χ0n) is 11.0. The van der Waals surface area contributed by atoms with Gasteiger partial charge in [-0.05, 0) is 37.8 Å². The van der Waals surface area contributed by atoms with Crippen molar-refractivity contribution in [3.05, 3.63) is 35.1 Å². The van der Waals surface area contributed by atoms with Gasteiger partial charge in [-0.1, -0.05) is 31.4 Å². The van der Waals surface area contributed by atoms with Crippen molar-refractivity contribution < 1.29 is 9.18 Å². The first-order valence-electron chi connectivity index (χ1n) is 6.52. The molecule has 0 aromatic heterocycles. The van der Waals surface area contributed by atoms with Crippen molar-refractivity contribution in [2.24, 2.45) is 11.7 Å². The highest BCUT2D eigenvalue weighted by Crippen LogP contribution is 2.33. The molecule has 2 unspecified atom stereocenters. The predicted octanol–water partition coefficient (Wildman–Crippen LogP) is 3.22. The van der Waals surface area contributed by atoms with Crippen molar-refractivity contribution in [1.82, 2.24) is 0 Å². The van der Waals surface area contributed by atoms with E-state index in [2.05, 4.69) is 6.92 Å². The molecule has 0 radical (unpaired) electrons. The smallest absolute Gasteiger partial charge is 0.185 e. The van der Waals surface area contributed by atoms with Gasteiger partial charge in [0.2, 0.25) is 0 Å². The van der Waals surface area contributed by atoms with Gasteiger partial charge in [-0.15, -0.1) is 0 Å². The molecular formula is C15H20FNO. The Kier molecular flexibility index (Phi) is 3.53. The summed E-state index contributed by atoms with van der Waals surface area (Å²) in [6.07, 6.45) is 3.35. The third kappa shape index (κ3) is 2.46. The summed E-state index contributed by atoms with van der Waals surface area (Å²) in [7, 11) is 0. The van der Waals surface area contributed by atoms with Crippen LogP contribution in [0.3, 0.4) is 0 Å². The molecule has 0 bridgehead atoms. The van der Waals surface area contributed by atoms with Gasteiger partial charge in [0.25, 0.3) is 0 Å². The van der Waals surface area contributed by atoms with Gasteiger partial charge < -0.3 is 5.73 Å². The molecule has 1 aliphatic rings. The van der Waals surface area contributed by atoms with E-state index in [4.69, 9.17) is 5.73 Å². The molecule has 2 N–H and O–H groups in total. The Morgan fingerprint density at radius 2 is 2.22 bits per heavy atom. The third-order valence-corrected chi connectivity index (χ3v) is 3.85. The topological polar surface area (TPSA) is 43.1 Å². The molecule has 1 aromatic carbocycles. The second kappa shape index (κ2) is 4.81. The number of rotatable bonds is 2. The molecule has 0 spiro atoms. The van der Waals surface area contributed by atoms with E-state index in [1.165, 1.54) is 6.07 Å². The number of ketones is 1. The number of aryl methyl sites for hydroxylation is 1. The van der Waals surface area contributed by atoms with Gasteiger partial charge in [0, 0.05) is 0 Å². The molecule has 1 aromatic rings. The van der Waals surface area contributed by atoms with Crippen LogP contribution < -0.4 is 5.73 Å². The number of carbonyl (C=O) groups excluding carboxylic acids is 1. The number of nitrogens with two attached hydrogens (primary N) is 1. The van der Waals surface area contributed by atoms with Crippen LogP contribution in [0, 0.1) is 18.7 Å². The molecule has 2 atom stereocenters. The predicted molar refractivity (Wildman–Crippen MR) is 70.0 cm³/mol. The average molecular weight is 249 g/mol. The number of benzene rings is 1. The number of hydrogen-bond acceptors (Lipinski definition) is 2. The highest BCUT2D eigenvalue weighted by Gasteiger charge is 2.39. The fraction of sp³-hybridized carbons (Fsp3) is 0.533. The van der Waals surface area contributed by atoms with Gasteiger partial charge in [-0.25, -0.2) is 4.39 Å². The van der Waals surface area contributed by atoms with E-state index in [9.17, 15) is 9.18 Å². The molecule has 1 fully saturated rings. The SMILES string of the molecule is Cc1ccc(F)c(C(=O)C2(N)CCCC(C)C2)c1. The van der Waals surface area contributed by atoms with Gasteiger partial charge >= 0.3 is 0 Å². The first-order valence-corrected chi connectivity index (χ1v) is 6.52. The average Bonchev–Trinajstić information content (AvgIpc) is 2.31. The van der Waals surface area contributed by atoms with Crippen LogP contribution in [-0.2, 0) is 0 Å². The standard InChI is InChI=1S/C15H20FNO/c1-10-5-6-13(16)12(8-10)14(18)15(17)7-3-4-11(2)9-15/h5-6,8,11H,3-4,7,9,17H2,1-2H3. The fourth-order valence-corrected chi connectivity index (χ4v) is 2.88. The number of Topliss-reactive ketones (excluding diaryl/α,β-unsaturated/α-hetero) is 1. The van der Waals surface area contributed by atoms with E-state index < -0.39 is 11.4 Å². The first-order chi connectivity index (χ1) is 8.42. The van der Waals surface area contributed by atoms with Crippen LogP contribution >= 0.6 is 0 Å².